The van der Waals surface area contributed by atoms with Crippen LogP contribution in [-0.4, -0.2) is 20.2 Å². The number of phenolic OH excluding ortho intramolecular Hbond substituents is 2. The van der Waals surface area contributed by atoms with E-state index in [1.165, 1.54) is 18.6 Å². The summed E-state index contributed by atoms with van der Waals surface area (Å²) in [5.74, 6) is 0.512. The van der Waals surface area contributed by atoms with Crippen LogP contribution in [0.2, 0.25) is 0 Å². The fourth-order valence-corrected chi connectivity index (χ4v) is 1.55. The van der Waals surface area contributed by atoms with Gasteiger partial charge in [-0.1, -0.05) is 19.8 Å². The highest BCUT2D eigenvalue weighted by Crippen LogP contribution is 2.23. The highest BCUT2D eigenvalue weighted by molar-refractivity contribution is 5.38. The zero-order chi connectivity index (χ0) is 13.2. The molecule has 18 heavy (non-hydrogen) atoms. The largest absolute Gasteiger partial charge is 0.508 e. The van der Waals surface area contributed by atoms with Crippen molar-refractivity contribution in [1.82, 2.24) is 9.97 Å². The molecule has 3 N–H and O–H groups in total. The fourth-order valence-electron chi connectivity index (χ4n) is 1.55. The van der Waals surface area contributed by atoms with Gasteiger partial charge in [-0.05, 0) is 36.6 Å². The first kappa shape index (κ1) is 14.1. The van der Waals surface area contributed by atoms with Gasteiger partial charge < -0.3 is 15.2 Å². The first-order chi connectivity index (χ1) is 8.74. The number of H-pyrrole nitrogens is 1. The summed E-state index contributed by atoms with van der Waals surface area (Å²) in [7, 11) is 0. The van der Waals surface area contributed by atoms with Gasteiger partial charge in [0, 0.05) is 12.4 Å². The number of aromatic nitrogens is 2. The number of nitrogens with zero attached hydrogens (tertiary/aromatic N) is 1. The number of unbranched alkanes of at least 4 members (excludes halogenated alkanes) is 2. The Hall–Kier alpha value is -1.97. The lowest BCUT2D eigenvalue weighted by Crippen LogP contribution is -1.86. The molecule has 0 aliphatic heterocycles. The number of hydrogen-bond donors (Lipinski definition) is 3. The fraction of sp³-hybridized carbons (Fsp3) is 0.357. The van der Waals surface area contributed by atoms with Crippen LogP contribution in [-0.2, 0) is 6.42 Å². The zero-order valence-electron chi connectivity index (χ0n) is 10.6. The van der Waals surface area contributed by atoms with Gasteiger partial charge in [-0.25, -0.2) is 4.98 Å². The summed E-state index contributed by atoms with van der Waals surface area (Å²) >= 11 is 0. The molecular weight excluding hydrogens is 228 g/mol. The topological polar surface area (TPSA) is 69.1 Å². The van der Waals surface area contributed by atoms with Crippen LogP contribution in [0.5, 0.6) is 11.5 Å². The maximum Gasteiger partial charge on any atom is 0.119 e. The molecule has 0 spiro atoms. The lowest BCUT2D eigenvalue weighted by atomic mass is 10.1. The van der Waals surface area contributed by atoms with Crippen LogP contribution >= 0.6 is 0 Å². The number of rotatable bonds is 4. The van der Waals surface area contributed by atoms with Gasteiger partial charge in [-0.3, -0.25) is 0 Å². The minimum absolute atomic E-state index is 0.226. The molecule has 0 aliphatic rings. The molecule has 0 amide bonds. The van der Waals surface area contributed by atoms with E-state index in [1.54, 1.807) is 24.8 Å². The van der Waals surface area contributed by atoms with Crippen LogP contribution < -0.4 is 0 Å². The highest BCUT2D eigenvalue weighted by Gasteiger charge is 2.01. The maximum absolute atomic E-state index is 9.42. The van der Waals surface area contributed by atoms with Crippen molar-refractivity contribution in [3.8, 4) is 11.5 Å². The van der Waals surface area contributed by atoms with Gasteiger partial charge in [0.2, 0.25) is 0 Å². The van der Waals surface area contributed by atoms with E-state index in [2.05, 4.69) is 16.9 Å². The maximum atomic E-state index is 9.42. The molecule has 0 saturated carbocycles. The number of aryl methyl sites for hydroxylation is 1. The Balaban J connectivity index is 0.000000269. The Kier molecular flexibility index (Phi) is 6.40. The normalized spacial score (nSPS) is 9.61. The Morgan fingerprint density at radius 3 is 2.61 bits per heavy atom. The van der Waals surface area contributed by atoms with Gasteiger partial charge in [-0.15, -0.1) is 0 Å². The van der Waals surface area contributed by atoms with Crippen LogP contribution in [0.3, 0.4) is 0 Å². The van der Waals surface area contributed by atoms with Crippen LogP contribution in [0.25, 0.3) is 0 Å². The predicted octanol–water partition coefficient (Wildman–Crippen LogP) is 3.24. The van der Waals surface area contributed by atoms with Gasteiger partial charge in [0.05, 0.1) is 6.33 Å². The summed E-state index contributed by atoms with van der Waals surface area (Å²) in [6, 6.07) is 4.67. The number of benzene rings is 1. The van der Waals surface area contributed by atoms with Crippen molar-refractivity contribution in [2.75, 3.05) is 0 Å². The first-order valence-corrected chi connectivity index (χ1v) is 6.17. The average molecular weight is 248 g/mol. The Labute approximate surface area is 107 Å². The van der Waals surface area contributed by atoms with E-state index >= 15 is 0 Å². The van der Waals surface area contributed by atoms with Crippen LogP contribution in [0.4, 0.5) is 0 Å². The second-order valence-electron chi connectivity index (χ2n) is 4.03. The summed E-state index contributed by atoms with van der Waals surface area (Å²) in [5.41, 5.74) is 0.841. The molecule has 1 heterocycles. The summed E-state index contributed by atoms with van der Waals surface area (Å²) in [4.78, 5) is 6.42. The molecule has 0 saturated heterocycles. The number of hydrogen-bond acceptors (Lipinski definition) is 3. The van der Waals surface area contributed by atoms with Gasteiger partial charge in [0.1, 0.15) is 11.5 Å². The first-order valence-electron chi connectivity index (χ1n) is 6.17. The van der Waals surface area contributed by atoms with E-state index in [-0.39, 0.29) is 11.5 Å². The lowest BCUT2D eigenvalue weighted by molar-refractivity contribution is 0.453. The third-order valence-electron chi connectivity index (χ3n) is 2.52. The summed E-state index contributed by atoms with van der Waals surface area (Å²) in [6.45, 7) is 2.14. The quantitative estimate of drug-likeness (QED) is 0.574. The standard InChI is InChI=1S/C11H16O2.C3H4N2/c1-2-3-4-5-9-8-10(12)6-7-11(9)13;1-2-5-3-4-1/h6-8,12-13H,2-5H2,1H3;1-3H,(H,4,5). The van der Waals surface area contributed by atoms with Crippen LogP contribution in [0.1, 0.15) is 31.7 Å². The second-order valence-corrected chi connectivity index (χ2v) is 4.03. The van der Waals surface area contributed by atoms with Crippen molar-refractivity contribution in [3.05, 3.63) is 42.5 Å². The van der Waals surface area contributed by atoms with E-state index in [1.807, 2.05) is 0 Å². The number of aromatic hydroxyl groups is 2. The molecule has 0 fully saturated rings. The number of aromatic amines is 1. The molecule has 4 heteroatoms. The van der Waals surface area contributed by atoms with E-state index in [0.29, 0.717) is 0 Å². The van der Waals surface area contributed by atoms with Crippen molar-refractivity contribution in [2.45, 2.75) is 32.6 Å². The minimum Gasteiger partial charge on any atom is -0.508 e. The molecule has 4 nitrogen and oxygen atoms in total. The van der Waals surface area contributed by atoms with E-state index < -0.39 is 0 Å². The summed E-state index contributed by atoms with van der Waals surface area (Å²) in [5, 5.41) is 18.6. The van der Waals surface area contributed by atoms with Gasteiger partial charge in [-0.2, -0.15) is 0 Å². The van der Waals surface area contributed by atoms with Crippen molar-refractivity contribution >= 4 is 0 Å². The molecule has 1 aromatic heterocycles. The number of nitrogens with one attached hydrogen (secondary N) is 1. The van der Waals surface area contributed by atoms with Gasteiger partial charge in [0.25, 0.3) is 0 Å². The minimum atomic E-state index is 0.226. The van der Waals surface area contributed by atoms with Gasteiger partial charge >= 0.3 is 0 Å². The number of imidazole rings is 1. The molecule has 0 atom stereocenters. The monoisotopic (exact) mass is 248 g/mol. The highest BCUT2D eigenvalue weighted by atomic mass is 16.3. The van der Waals surface area contributed by atoms with E-state index in [4.69, 9.17) is 0 Å². The third kappa shape index (κ3) is 5.39. The SMILES string of the molecule is CCCCCc1cc(O)ccc1O.c1c[nH]cn1. The van der Waals surface area contributed by atoms with Crippen molar-refractivity contribution < 1.29 is 10.2 Å². The molecule has 0 bridgehead atoms. The van der Waals surface area contributed by atoms with Gasteiger partial charge in [0.15, 0.2) is 0 Å². The summed E-state index contributed by atoms with van der Waals surface area (Å²) in [6.07, 6.45) is 9.32. The summed E-state index contributed by atoms with van der Waals surface area (Å²) < 4.78 is 0. The smallest absolute Gasteiger partial charge is 0.119 e. The predicted molar refractivity (Wildman–Crippen MR) is 71.6 cm³/mol. The van der Waals surface area contributed by atoms with Crippen molar-refractivity contribution in [3.63, 3.8) is 0 Å². The van der Waals surface area contributed by atoms with Crippen molar-refractivity contribution in [1.29, 1.82) is 0 Å². The van der Waals surface area contributed by atoms with E-state index in [0.717, 1.165) is 24.8 Å². The number of phenols is 2. The molecule has 0 aliphatic carbocycles. The Bertz CT molecular complexity index is 410. The molecular formula is C14H20N2O2. The van der Waals surface area contributed by atoms with Crippen molar-refractivity contribution in [2.24, 2.45) is 0 Å². The average Bonchev–Trinajstić information content (AvgIpc) is 2.93. The molecule has 98 valence electrons. The van der Waals surface area contributed by atoms with Crippen LogP contribution in [0.15, 0.2) is 36.9 Å². The Morgan fingerprint density at radius 2 is 2.06 bits per heavy atom. The molecule has 2 aromatic rings. The third-order valence-corrected chi connectivity index (χ3v) is 2.52. The second kappa shape index (κ2) is 8.17. The molecule has 1 aromatic carbocycles. The van der Waals surface area contributed by atoms with Crippen LogP contribution in [0, 0.1) is 0 Å². The van der Waals surface area contributed by atoms with E-state index in [9.17, 15) is 10.2 Å². The Morgan fingerprint density at radius 1 is 1.22 bits per heavy atom. The molecule has 0 radical (unpaired) electrons. The molecule has 2 rings (SSSR count). The lowest BCUT2D eigenvalue weighted by Gasteiger charge is -2.04. The zero-order valence-corrected chi connectivity index (χ0v) is 10.6. The molecule has 0 unspecified atom stereocenters.